The molecule has 272 valence electrons. The molecule has 0 spiro atoms. The summed E-state index contributed by atoms with van der Waals surface area (Å²) in [6.07, 6.45) is -14.4. The second-order valence-corrected chi connectivity index (χ2v) is 12.7. The Morgan fingerprint density at radius 1 is 0.706 bits per heavy atom. The molecule has 0 aliphatic carbocycles. The number of hydrogen-bond acceptors (Lipinski definition) is 15. The van der Waals surface area contributed by atoms with Crippen molar-refractivity contribution in [2.75, 3.05) is 6.61 Å². The van der Waals surface area contributed by atoms with Crippen molar-refractivity contribution in [2.24, 2.45) is 0 Å². The van der Waals surface area contributed by atoms with Crippen LogP contribution >= 0.6 is 0 Å². The fraction of sp³-hybridized carbons (Fsp3) is 0.371. The van der Waals surface area contributed by atoms with Gasteiger partial charge < -0.3 is 74.7 Å². The Morgan fingerprint density at radius 2 is 1.41 bits per heavy atom. The maximum absolute atomic E-state index is 11.1. The fourth-order valence-corrected chi connectivity index (χ4v) is 6.36. The van der Waals surface area contributed by atoms with Gasteiger partial charge in [0.25, 0.3) is 0 Å². The van der Waals surface area contributed by atoms with Crippen molar-refractivity contribution in [1.29, 1.82) is 0 Å². The van der Waals surface area contributed by atoms with Gasteiger partial charge in [0, 0.05) is 17.7 Å². The molecule has 0 saturated carbocycles. The molecule has 2 saturated heterocycles. The molecule has 11 unspecified atom stereocenters. The van der Waals surface area contributed by atoms with Crippen molar-refractivity contribution in [3.05, 3.63) is 83.1 Å². The highest BCUT2D eigenvalue weighted by Crippen LogP contribution is 2.52. The largest absolute Gasteiger partial charge is 0.555 e. The van der Waals surface area contributed by atoms with Gasteiger partial charge in [-0.15, -0.1) is 0 Å². The summed E-state index contributed by atoms with van der Waals surface area (Å²) in [5.41, 5.74) is 1.53. The highest BCUT2D eigenvalue weighted by atomic mass is 16.7. The number of allylic oxidation sites excluding steroid dienone is 1. The normalized spacial score (nSPS) is 33.1. The van der Waals surface area contributed by atoms with E-state index in [1.54, 1.807) is 18.2 Å². The summed E-state index contributed by atoms with van der Waals surface area (Å²) in [5, 5.41) is 104. The van der Waals surface area contributed by atoms with Crippen LogP contribution in [-0.4, -0.2) is 124 Å². The van der Waals surface area contributed by atoms with Crippen molar-refractivity contribution in [2.45, 2.75) is 74.4 Å². The summed E-state index contributed by atoms with van der Waals surface area (Å²) in [6, 6.07) is 12.8. The van der Waals surface area contributed by atoms with Crippen LogP contribution in [0.5, 0.6) is 34.5 Å². The summed E-state index contributed by atoms with van der Waals surface area (Å²) in [7, 11) is 0. The highest BCUT2D eigenvalue weighted by Gasteiger charge is 2.51. The van der Waals surface area contributed by atoms with Gasteiger partial charge in [0.05, 0.1) is 23.8 Å². The van der Waals surface area contributed by atoms with E-state index in [0.29, 0.717) is 16.7 Å². The molecule has 51 heavy (non-hydrogen) atoms. The molecule has 3 aromatic carbocycles. The van der Waals surface area contributed by atoms with Crippen LogP contribution in [0.15, 0.2) is 66.4 Å². The van der Waals surface area contributed by atoms with E-state index in [-0.39, 0.29) is 40.1 Å². The maximum Gasteiger partial charge on any atom is 0.326 e. The van der Waals surface area contributed by atoms with Crippen molar-refractivity contribution < 1.29 is 79.5 Å². The lowest BCUT2D eigenvalue weighted by Crippen LogP contribution is -2.61. The standard InChI is InChI=1S/C35H36O16/c1-13-26(40)28(42)30(44)34(47-13)46-12-24-27(41)29(43)31(45)35(50-24)51-33-18-11-21(14-2-5-16(36)6-3-14)48-22-9-17(37)10-23(25(18)22)49-32(33)15-4-7-19(38)20(39)8-15/h2-11,13,21,24,26-31,34-45H,12H2,1H3/p+1. The number of rotatable bonds is 7. The first-order chi connectivity index (χ1) is 24.3. The van der Waals surface area contributed by atoms with Crippen LogP contribution in [0, 0.1) is 0 Å². The van der Waals surface area contributed by atoms with Gasteiger partial charge >= 0.3 is 12.0 Å². The third kappa shape index (κ3) is 6.41. The summed E-state index contributed by atoms with van der Waals surface area (Å²) in [4.78, 5) is 0. The Hall–Kier alpha value is -4.62. The van der Waals surface area contributed by atoms with Crippen LogP contribution < -0.4 is 9.47 Å². The molecule has 0 bridgehead atoms. The third-order valence-corrected chi connectivity index (χ3v) is 9.21. The van der Waals surface area contributed by atoms with Crippen LogP contribution in [0.2, 0.25) is 0 Å². The van der Waals surface area contributed by atoms with Crippen molar-refractivity contribution in [3.8, 4) is 34.5 Å². The second kappa shape index (κ2) is 13.5. The van der Waals surface area contributed by atoms with Gasteiger partial charge in [-0.2, -0.15) is 0 Å². The Morgan fingerprint density at radius 3 is 2.14 bits per heavy atom. The zero-order valence-electron chi connectivity index (χ0n) is 26.8. The molecular weight excluding hydrogens is 676 g/mol. The van der Waals surface area contributed by atoms with E-state index in [4.69, 9.17) is 23.7 Å². The van der Waals surface area contributed by atoms with E-state index in [2.05, 4.69) is 4.74 Å². The van der Waals surface area contributed by atoms with E-state index in [0.717, 1.165) is 0 Å². The summed E-state index contributed by atoms with van der Waals surface area (Å²) in [5.74, 6) is -0.737. The minimum Gasteiger partial charge on any atom is -0.555 e. The Kier molecular flexibility index (Phi) is 9.21. The molecule has 4 heterocycles. The number of ether oxygens (including phenoxy) is 6. The Balaban J connectivity index is 1.27. The van der Waals surface area contributed by atoms with Gasteiger partial charge in [0.1, 0.15) is 65.7 Å². The molecular formula is C35H37O16+. The smallest absolute Gasteiger partial charge is 0.326 e. The zero-order chi connectivity index (χ0) is 36.3. The molecule has 0 amide bonds. The topological polar surface area (TPSA) is 261 Å². The number of aliphatic hydroxyl groups is 8. The first-order valence-corrected chi connectivity index (χ1v) is 16.0. The molecule has 2 fully saturated rings. The molecule has 0 aromatic heterocycles. The van der Waals surface area contributed by atoms with E-state index >= 15 is 0 Å². The lowest BCUT2D eigenvalue weighted by atomic mass is 9.91. The first kappa shape index (κ1) is 34.8. The SMILES string of the molecule is CC1OC(OCC2OC([OH+]C3=C(c4ccc(O)c(O)c4)Oc4cc(O)cc5c4C3=CC(c3ccc(O)cc3)O5)C(O)C(O)C2O)C(O)C(O)C1O. The second-order valence-electron chi connectivity index (χ2n) is 12.7. The lowest BCUT2D eigenvalue weighted by molar-refractivity contribution is -0.345. The van der Waals surface area contributed by atoms with Gasteiger partial charge in [-0.05, 0) is 48.9 Å². The molecule has 3 aromatic rings. The minimum absolute atomic E-state index is 0.0172. The molecule has 4 aliphatic rings. The number of phenolic OH excluding ortho intramolecular Hbond substituents is 4. The van der Waals surface area contributed by atoms with E-state index in [1.165, 1.54) is 49.4 Å². The Bertz CT molecular complexity index is 1840. The minimum atomic E-state index is -1.82. The van der Waals surface area contributed by atoms with Crippen LogP contribution in [0.3, 0.4) is 0 Å². The van der Waals surface area contributed by atoms with Crippen molar-refractivity contribution in [3.63, 3.8) is 0 Å². The van der Waals surface area contributed by atoms with Gasteiger partial charge in [-0.3, -0.25) is 4.74 Å². The molecule has 16 nitrogen and oxygen atoms in total. The van der Waals surface area contributed by atoms with Gasteiger partial charge in [0.2, 0.25) is 5.76 Å². The number of hydrogen-bond donors (Lipinski definition) is 10. The first-order valence-electron chi connectivity index (χ1n) is 16.0. The predicted molar refractivity (Wildman–Crippen MR) is 172 cm³/mol. The van der Waals surface area contributed by atoms with Crippen LogP contribution in [0.25, 0.3) is 11.3 Å². The maximum atomic E-state index is 11.1. The highest BCUT2D eigenvalue weighted by molar-refractivity contribution is 5.94. The quantitative estimate of drug-likeness (QED) is 0.114. The van der Waals surface area contributed by atoms with Crippen LogP contribution in [-0.2, 0) is 14.2 Å². The Labute approximate surface area is 289 Å². The molecule has 11 N–H and O–H groups in total. The predicted octanol–water partition coefficient (Wildman–Crippen LogP) is -0.0330. The van der Waals surface area contributed by atoms with Crippen LogP contribution in [0.1, 0.15) is 29.7 Å². The molecule has 7 rings (SSSR count). The van der Waals surface area contributed by atoms with Crippen molar-refractivity contribution >= 4 is 11.3 Å². The number of phenols is 4. The van der Waals surface area contributed by atoms with Crippen molar-refractivity contribution in [1.82, 2.24) is 0 Å². The zero-order valence-corrected chi connectivity index (χ0v) is 26.8. The van der Waals surface area contributed by atoms with Gasteiger partial charge in [0.15, 0.2) is 23.9 Å². The number of aliphatic hydroxyl groups excluding tert-OH is 6. The van der Waals surface area contributed by atoms with E-state index in [1.807, 2.05) is 0 Å². The fourth-order valence-electron chi connectivity index (χ4n) is 6.36. The van der Waals surface area contributed by atoms with Crippen LogP contribution in [0.4, 0.5) is 0 Å². The van der Waals surface area contributed by atoms with Gasteiger partial charge in [-0.1, -0.05) is 12.1 Å². The summed E-state index contributed by atoms with van der Waals surface area (Å²) >= 11 is 0. The lowest BCUT2D eigenvalue weighted by Gasteiger charge is -2.41. The monoisotopic (exact) mass is 713 g/mol. The molecule has 0 radical (unpaired) electrons. The average molecular weight is 714 g/mol. The van der Waals surface area contributed by atoms with E-state index < -0.39 is 85.6 Å². The molecule has 11 atom stereocenters. The number of benzene rings is 3. The van der Waals surface area contributed by atoms with Gasteiger partial charge in [-0.25, -0.2) is 0 Å². The third-order valence-electron chi connectivity index (χ3n) is 9.21. The average Bonchev–Trinajstić information content (AvgIpc) is 3.11. The molecule has 4 aliphatic heterocycles. The number of aromatic hydroxyl groups is 4. The molecule has 16 heteroatoms. The summed E-state index contributed by atoms with van der Waals surface area (Å²) < 4.78 is 34.2. The van der Waals surface area contributed by atoms with E-state index in [9.17, 15) is 51.1 Å². The summed E-state index contributed by atoms with van der Waals surface area (Å²) in [6.45, 7) is 0.943.